The summed E-state index contributed by atoms with van der Waals surface area (Å²) in [6.07, 6.45) is 3.69. The standard InChI is InChI=1S/C29H34ClN3O3/c1-4-5-6-11-28(34)31-16-18-32(19-17-31)29(35)24-20-27(22-12-14-23(36-3)15-13-22)33(21(24)2)26-10-8-7-9-25(26)30/h7-10,12-15,20H,4-6,11,16-19H2,1-3H3. The van der Waals surface area contributed by atoms with E-state index in [0.717, 1.165) is 47.7 Å². The van der Waals surface area contributed by atoms with Crippen LogP contribution in [-0.2, 0) is 4.79 Å². The first-order valence-electron chi connectivity index (χ1n) is 12.6. The van der Waals surface area contributed by atoms with E-state index in [2.05, 4.69) is 6.92 Å². The Bertz CT molecular complexity index is 1210. The lowest BCUT2D eigenvalue weighted by atomic mass is 10.1. The Balaban J connectivity index is 1.61. The minimum atomic E-state index is -0.0221. The van der Waals surface area contributed by atoms with E-state index in [1.54, 1.807) is 7.11 Å². The third-order valence-electron chi connectivity index (χ3n) is 6.87. The van der Waals surface area contributed by atoms with Gasteiger partial charge in [-0.1, -0.05) is 43.5 Å². The van der Waals surface area contributed by atoms with Crippen LogP contribution in [0.1, 0.15) is 48.7 Å². The van der Waals surface area contributed by atoms with E-state index in [1.807, 2.05) is 75.9 Å². The normalized spacial score (nSPS) is 13.7. The number of piperazine rings is 1. The van der Waals surface area contributed by atoms with Crippen molar-refractivity contribution in [2.75, 3.05) is 33.3 Å². The van der Waals surface area contributed by atoms with E-state index in [4.69, 9.17) is 16.3 Å². The number of para-hydroxylation sites is 1. The van der Waals surface area contributed by atoms with Crippen LogP contribution < -0.4 is 4.74 Å². The molecule has 3 aromatic rings. The quantitative estimate of drug-likeness (QED) is 0.352. The van der Waals surface area contributed by atoms with Gasteiger partial charge in [-0.05, 0) is 61.4 Å². The number of rotatable bonds is 8. The summed E-state index contributed by atoms with van der Waals surface area (Å²) < 4.78 is 7.37. The molecule has 1 fully saturated rings. The lowest BCUT2D eigenvalue weighted by molar-refractivity contribution is -0.132. The smallest absolute Gasteiger partial charge is 0.255 e. The minimum Gasteiger partial charge on any atom is -0.497 e. The van der Waals surface area contributed by atoms with Crippen molar-refractivity contribution in [1.82, 2.24) is 14.4 Å². The fourth-order valence-electron chi connectivity index (χ4n) is 4.75. The molecule has 0 spiro atoms. The van der Waals surface area contributed by atoms with E-state index in [9.17, 15) is 9.59 Å². The molecule has 6 nitrogen and oxygen atoms in total. The number of halogens is 1. The summed E-state index contributed by atoms with van der Waals surface area (Å²) in [6.45, 7) is 6.31. The second-order valence-electron chi connectivity index (χ2n) is 9.17. The van der Waals surface area contributed by atoms with Crippen LogP contribution in [0.4, 0.5) is 0 Å². The van der Waals surface area contributed by atoms with Gasteiger partial charge in [-0.2, -0.15) is 0 Å². The van der Waals surface area contributed by atoms with E-state index in [0.29, 0.717) is 43.2 Å². The number of benzene rings is 2. The van der Waals surface area contributed by atoms with Crippen LogP contribution in [0, 0.1) is 6.92 Å². The molecule has 4 rings (SSSR count). The summed E-state index contributed by atoms with van der Waals surface area (Å²) in [4.78, 5) is 29.9. The highest BCUT2D eigenvalue weighted by Crippen LogP contribution is 2.34. The first kappa shape index (κ1) is 25.8. The third-order valence-corrected chi connectivity index (χ3v) is 7.19. The van der Waals surface area contributed by atoms with Gasteiger partial charge in [0, 0.05) is 38.3 Å². The van der Waals surface area contributed by atoms with E-state index < -0.39 is 0 Å². The molecule has 0 bridgehead atoms. The van der Waals surface area contributed by atoms with Gasteiger partial charge in [0.1, 0.15) is 5.75 Å². The summed E-state index contributed by atoms with van der Waals surface area (Å²) >= 11 is 6.59. The van der Waals surface area contributed by atoms with Gasteiger partial charge in [0.05, 0.1) is 29.1 Å². The van der Waals surface area contributed by atoms with Crippen molar-refractivity contribution in [3.63, 3.8) is 0 Å². The number of aromatic nitrogens is 1. The minimum absolute atomic E-state index is 0.0221. The average Bonchev–Trinajstić information content (AvgIpc) is 3.25. The van der Waals surface area contributed by atoms with Crippen LogP contribution >= 0.6 is 11.6 Å². The van der Waals surface area contributed by atoms with Gasteiger partial charge < -0.3 is 19.1 Å². The molecule has 0 radical (unpaired) electrons. The Morgan fingerprint density at radius 1 is 0.944 bits per heavy atom. The summed E-state index contributed by atoms with van der Waals surface area (Å²) in [6, 6.07) is 17.4. The van der Waals surface area contributed by atoms with E-state index in [1.165, 1.54) is 0 Å². The average molecular weight is 508 g/mol. The van der Waals surface area contributed by atoms with Gasteiger partial charge in [0.2, 0.25) is 5.91 Å². The molecular weight excluding hydrogens is 474 g/mol. The molecule has 0 saturated carbocycles. The van der Waals surface area contributed by atoms with Gasteiger partial charge in [-0.15, -0.1) is 0 Å². The highest BCUT2D eigenvalue weighted by Gasteiger charge is 2.28. The fourth-order valence-corrected chi connectivity index (χ4v) is 4.97. The van der Waals surface area contributed by atoms with Crippen LogP contribution in [0.5, 0.6) is 5.75 Å². The molecule has 7 heteroatoms. The molecule has 1 aromatic heterocycles. The first-order chi connectivity index (χ1) is 17.4. The number of carbonyl (C=O) groups excluding carboxylic acids is 2. The monoisotopic (exact) mass is 507 g/mol. The molecule has 36 heavy (non-hydrogen) atoms. The maximum Gasteiger partial charge on any atom is 0.255 e. The predicted octanol–water partition coefficient (Wildman–Crippen LogP) is 5.98. The highest BCUT2D eigenvalue weighted by molar-refractivity contribution is 6.32. The molecule has 0 unspecified atom stereocenters. The van der Waals surface area contributed by atoms with Crippen LogP contribution in [0.25, 0.3) is 16.9 Å². The number of nitrogens with zero attached hydrogens (tertiary/aromatic N) is 3. The van der Waals surface area contributed by atoms with Crippen molar-refractivity contribution in [3.05, 3.63) is 70.9 Å². The molecule has 0 atom stereocenters. The molecule has 0 aliphatic carbocycles. The van der Waals surface area contributed by atoms with Crippen molar-refractivity contribution in [2.45, 2.75) is 39.5 Å². The topological polar surface area (TPSA) is 54.8 Å². The zero-order chi connectivity index (χ0) is 25.7. The third kappa shape index (κ3) is 5.44. The summed E-state index contributed by atoms with van der Waals surface area (Å²) in [5.74, 6) is 0.939. The Kier molecular flexibility index (Phi) is 8.36. The maximum absolute atomic E-state index is 13.7. The maximum atomic E-state index is 13.7. The fraction of sp³-hybridized carbons (Fsp3) is 0.379. The second kappa shape index (κ2) is 11.7. The second-order valence-corrected chi connectivity index (χ2v) is 9.58. The highest BCUT2D eigenvalue weighted by atomic mass is 35.5. The lowest BCUT2D eigenvalue weighted by Crippen LogP contribution is -2.50. The summed E-state index contributed by atoms with van der Waals surface area (Å²) in [5.41, 5.74) is 4.14. The molecule has 0 N–H and O–H groups in total. The van der Waals surface area contributed by atoms with Gasteiger partial charge >= 0.3 is 0 Å². The zero-order valence-electron chi connectivity index (χ0n) is 21.3. The van der Waals surface area contributed by atoms with Crippen molar-refractivity contribution in [1.29, 1.82) is 0 Å². The van der Waals surface area contributed by atoms with Gasteiger partial charge in [-0.25, -0.2) is 0 Å². The number of unbranched alkanes of at least 4 members (excludes halogenated alkanes) is 2. The van der Waals surface area contributed by atoms with Crippen LogP contribution in [-0.4, -0.2) is 59.5 Å². The van der Waals surface area contributed by atoms with E-state index in [-0.39, 0.29) is 11.8 Å². The van der Waals surface area contributed by atoms with Crippen molar-refractivity contribution in [3.8, 4) is 22.7 Å². The number of amides is 2. The Labute approximate surface area is 218 Å². The first-order valence-corrected chi connectivity index (χ1v) is 13.0. The largest absolute Gasteiger partial charge is 0.497 e. The zero-order valence-corrected chi connectivity index (χ0v) is 22.1. The predicted molar refractivity (Wildman–Crippen MR) is 144 cm³/mol. The van der Waals surface area contributed by atoms with E-state index >= 15 is 0 Å². The number of ether oxygens (including phenoxy) is 1. The summed E-state index contributed by atoms with van der Waals surface area (Å²) in [7, 11) is 1.64. The van der Waals surface area contributed by atoms with Crippen molar-refractivity contribution in [2.24, 2.45) is 0 Å². The Morgan fingerprint density at radius 2 is 1.61 bits per heavy atom. The Hall–Kier alpha value is -3.25. The van der Waals surface area contributed by atoms with Gasteiger partial charge in [0.25, 0.3) is 5.91 Å². The van der Waals surface area contributed by atoms with Gasteiger partial charge in [-0.3, -0.25) is 9.59 Å². The summed E-state index contributed by atoms with van der Waals surface area (Å²) in [5, 5.41) is 0.611. The van der Waals surface area contributed by atoms with Crippen molar-refractivity contribution >= 4 is 23.4 Å². The number of hydrogen-bond donors (Lipinski definition) is 0. The number of carbonyl (C=O) groups is 2. The molecule has 1 aliphatic rings. The molecular formula is C29H34ClN3O3. The lowest BCUT2D eigenvalue weighted by Gasteiger charge is -2.35. The molecule has 190 valence electrons. The SMILES string of the molecule is CCCCCC(=O)N1CCN(C(=O)c2cc(-c3ccc(OC)cc3)n(-c3ccccc3Cl)c2C)CC1. The van der Waals surface area contributed by atoms with Crippen LogP contribution in [0.2, 0.25) is 5.02 Å². The molecule has 1 aliphatic heterocycles. The number of methoxy groups -OCH3 is 1. The van der Waals surface area contributed by atoms with Crippen molar-refractivity contribution < 1.29 is 14.3 Å². The van der Waals surface area contributed by atoms with Crippen LogP contribution in [0.15, 0.2) is 54.6 Å². The molecule has 2 amide bonds. The Morgan fingerprint density at radius 3 is 2.25 bits per heavy atom. The number of hydrogen-bond acceptors (Lipinski definition) is 3. The van der Waals surface area contributed by atoms with Crippen LogP contribution in [0.3, 0.4) is 0 Å². The molecule has 2 aromatic carbocycles. The molecule has 2 heterocycles. The van der Waals surface area contributed by atoms with Gasteiger partial charge in [0.15, 0.2) is 0 Å². The molecule has 1 saturated heterocycles.